The van der Waals surface area contributed by atoms with E-state index in [4.69, 9.17) is 28.6 Å². The van der Waals surface area contributed by atoms with Crippen molar-refractivity contribution in [1.29, 1.82) is 0 Å². The average Bonchev–Trinajstić information content (AvgIpc) is 2.91. The van der Waals surface area contributed by atoms with Gasteiger partial charge in [-0.25, -0.2) is 0 Å². The van der Waals surface area contributed by atoms with Gasteiger partial charge in [0.2, 0.25) is 0 Å². The van der Waals surface area contributed by atoms with E-state index in [0.29, 0.717) is 21.3 Å². The molecule has 2 aromatic carbocycles. The highest BCUT2D eigenvalue weighted by Gasteiger charge is 2.32. The third-order valence-electron chi connectivity index (χ3n) is 3.84. The van der Waals surface area contributed by atoms with Gasteiger partial charge < -0.3 is 4.74 Å². The molecular weight excluding hydrogens is 408 g/mol. The molecule has 3 rings (SSSR count). The molecule has 0 spiro atoms. The van der Waals surface area contributed by atoms with Crippen LogP contribution in [0.1, 0.15) is 11.1 Å². The van der Waals surface area contributed by atoms with Crippen molar-refractivity contribution in [2.24, 2.45) is 0 Å². The van der Waals surface area contributed by atoms with Crippen molar-refractivity contribution < 1.29 is 14.5 Å². The summed E-state index contributed by atoms with van der Waals surface area (Å²) in [5.74, 6) is 0.492. The van der Waals surface area contributed by atoms with Crippen molar-refractivity contribution in [3.05, 3.63) is 73.6 Å². The summed E-state index contributed by atoms with van der Waals surface area (Å²) in [6.45, 7) is 0.340. The zero-order chi connectivity index (χ0) is 19.6. The number of thioether (sulfide) groups is 1. The highest BCUT2D eigenvalue weighted by Crippen LogP contribution is 2.35. The minimum absolute atomic E-state index is 0.0456. The zero-order valence-corrected chi connectivity index (χ0v) is 16.4. The molecule has 9 heteroatoms. The second-order valence-corrected chi connectivity index (χ2v) is 7.67. The van der Waals surface area contributed by atoms with Gasteiger partial charge in [0.25, 0.3) is 11.6 Å². The molecule has 1 aliphatic heterocycles. The Hall–Kier alpha value is -2.42. The summed E-state index contributed by atoms with van der Waals surface area (Å²) in [4.78, 5) is 25.1. The number of rotatable bonds is 5. The molecule has 1 aliphatic rings. The zero-order valence-electron chi connectivity index (χ0n) is 14.0. The Kier molecular flexibility index (Phi) is 5.79. The Balaban J connectivity index is 1.81. The Bertz CT molecular complexity index is 960. The third kappa shape index (κ3) is 4.29. The van der Waals surface area contributed by atoms with Crippen molar-refractivity contribution in [1.82, 2.24) is 4.90 Å². The topological polar surface area (TPSA) is 72.7 Å². The van der Waals surface area contributed by atoms with Crippen LogP contribution in [0.2, 0.25) is 5.02 Å². The number of benzene rings is 2. The third-order valence-corrected chi connectivity index (χ3v) is 5.54. The molecule has 1 saturated heterocycles. The average molecular weight is 421 g/mol. The summed E-state index contributed by atoms with van der Waals surface area (Å²) >= 11 is 12.3. The summed E-state index contributed by atoms with van der Waals surface area (Å²) in [5.41, 5.74) is 1.21. The highest BCUT2D eigenvalue weighted by atomic mass is 35.5. The fourth-order valence-corrected chi connectivity index (χ4v) is 3.90. The van der Waals surface area contributed by atoms with Gasteiger partial charge in [0.15, 0.2) is 0 Å². The van der Waals surface area contributed by atoms with Crippen molar-refractivity contribution in [2.45, 2.75) is 6.54 Å². The van der Waals surface area contributed by atoms with Crippen molar-refractivity contribution in [2.75, 3.05) is 7.11 Å². The van der Waals surface area contributed by atoms with Crippen LogP contribution in [0.3, 0.4) is 0 Å². The minimum atomic E-state index is -0.561. The molecule has 1 amide bonds. The van der Waals surface area contributed by atoms with Crippen LogP contribution in [-0.2, 0) is 11.3 Å². The molecule has 1 fully saturated rings. The lowest BCUT2D eigenvalue weighted by Gasteiger charge is -2.14. The van der Waals surface area contributed by atoms with Gasteiger partial charge in [0.1, 0.15) is 15.1 Å². The van der Waals surface area contributed by atoms with Crippen molar-refractivity contribution in [3.8, 4) is 5.75 Å². The number of halogens is 1. The van der Waals surface area contributed by atoms with Crippen LogP contribution in [0.4, 0.5) is 5.69 Å². The maximum absolute atomic E-state index is 12.7. The number of ether oxygens (including phenoxy) is 1. The molecule has 0 aliphatic carbocycles. The minimum Gasteiger partial charge on any atom is -0.497 e. The highest BCUT2D eigenvalue weighted by molar-refractivity contribution is 8.26. The second kappa shape index (κ2) is 8.08. The Morgan fingerprint density at radius 1 is 1.30 bits per heavy atom. The van der Waals surface area contributed by atoms with Crippen LogP contribution >= 0.6 is 35.6 Å². The maximum Gasteiger partial charge on any atom is 0.288 e. The monoisotopic (exact) mass is 420 g/mol. The molecule has 6 nitrogen and oxygen atoms in total. The van der Waals surface area contributed by atoms with E-state index in [2.05, 4.69) is 0 Å². The van der Waals surface area contributed by atoms with E-state index in [1.807, 2.05) is 24.3 Å². The largest absolute Gasteiger partial charge is 0.497 e. The quantitative estimate of drug-likeness (QED) is 0.303. The van der Waals surface area contributed by atoms with Crippen LogP contribution in [0.5, 0.6) is 5.75 Å². The van der Waals surface area contributed by atoms with Crippen LogP contribution < -0.4 is 4.74 Å². The van der Waals surface area contributed by atoms with E-state index in [1.54, 1.807) is 19.3 Å². The lowest BCUT2D eigenvalue weighted by Crippen LogP contribution is -2.27. The summed E-state index contributed by atoms with van der Waals surface area (Å²) in [5, 5.41) is 11.1. The van der Waals surface area contributed by atoms with Gasteiger partial charge in [0, 0.05) is 6.07 Å². The van der Waals surface area contributed by atoms with Crippen LogP contribution in [0.25, 0.3) is 6.08 Å². The lowest BCUT2D eigenvalue weighted by atomic mass is 10.1. The molecule has 0 N–H and O–H groups in total. The van der Waals surface area contributed by atoms with Crippen LogP contribution in [0.15, 0.2) is 47.4 Å². The molecule has 0 unspecified atom stereocenters. The van der Waals surface area contributed by atoms with Crippen LogP contribution in [0, 0.1) is 10.1 Å². The Labute approximate surface area is 169 Å². The Morgan fingerprint density at radius 3 is 2.63 bits per heavy atom. The second-order valence-electron chi connectivity index (χ2n) is 5.58. The van der Waals surface area contributed by atoms with Gasteiger partial charge in [-0.05, 0) is 35.4 Å². The number of hydrogen-bond acceptors (Lipinski definition) is 6. The van der Waals surface area contributed by atoms with E-state index < -0.39 is 4.92 Å². The van der Waals surface area contributed by atoms with E-state index in [-0.39, 0.29) is 16.6 Å². The van der Waals surface area contributed by atoms with Gasteiger partial charge in [-0.3, -0.25) is 19.8 Å². The van der Waals surface area contributed by atoms with E-state index in [1.165, 1.54) is 17.0 Å². The van der Waals surface area contributed by atoms with Crippen molar-refractivity contribution >= 4 is 57.6 Å². The first-order valence-corrected chi connectivity index (χ1v) is 9.31. The van der Waals surface area contributed by atoms with E-state index in [0.717, 1.165) is 23.1 Å². The molecule has 0 aromatic heterocycles. The summed E-state index contributed by atoms with van der Waals surface area (Å²) in [6, 6.07) is 11.7. The van der Waals surface area contributed by atoms with Gasteiger partial charge in [-0.1, -0.05) is 53.8 Å². The first-order valence-electron chi connectivity index (χ1n) is 7.71. The molecule has 27 heavy (non-hydrogen) atoms. The van der Waals surface area contributed by atoms with Gasteiger partial charge in [0.05, 0.1) is 23.5 Å². The fourth-order valence-electron chi connectivity index (χ4n) is 2.46. The summed E-state index contributed by atoms with van der Waals surface area (Å²) < 4.78 is 5.56. The van der Waals surface area contributed by atoms with E-state index in [9.17, 15) is 14.9 Å². The number of amides is 1. The normalized spacial score (nSPS) is 15.5. The number of nitro groups is 1. The molecule has 0 radical (unpaired) electrons. The first kappa shape index (κ1) is 19.3. The number of nitro benzene ring substituents is 1. The number of hydrogen-bond donors (Lipinski definition) is 0. The molecule has 0 saturated carbocycles. The number of thiocarbonyl (C=S) groups is 1. The predicted molar refractivity (Wildman–Crippen MR) is 110 cm³/mol. The van der Waals surface area contributed by atoms with Gasteiger partial charge >= 0.3 is 0 Å². The smallest absolute Gasteiger partial charge is 0.288 e. The fraction of sp³-hybridized carbons (Fsp3) is 0.111. The molecule has 0 bridgehead atoms. The van der Waals surface area contributed by atoms with Crippen LogP contribution in [-0.4, -0.2) is 27.2 Å². The molecule has 0 atom stereocenters. The molecule has 1 heterocycles. The van der Waals surface area contributed by atoms with Gasteiger partial charge in [-0.2, -0.15) is 0 Å². The number of nitrogens with zero attached hydrogens (tertiary/aromatic N) is 2. The molecular formula is C18H13ClN2O4S2. The first-order chi connectivity index (χ1) is 12.9. The maximum atomic E-state index is 12.7. The number of methoxy groups -OCH3 is 1. The lowest BCUT2D eigenvalue weighted by molar-refractivity contribution is -0.384. The summed E-state index contributed by atoms with van der Waals surface area (Å²) in [6.07, 6.45) is 1.58. The summed E-state index contributed by atoms with van der Waals surface area (Å²) in [7, 11) is 1.59. The molecule has 2 aromatic rings. The molecule has 138 valence electrons. The number of carbonyl (C=O) groups is 1. The number of carbonyl (C=O) groups excluding carboxylic acids is 1. The predicted octanol–water partition coefficient (Wildman–Crippen LogP) is 4.66. The SMILES string of the molecule is COc1ccc(CN2C(=O)C(=Cc3ccc(Cl)c([N+](=O)[O-])c3)SC2=S)cc1. The Morgan fingerprint density at radius 2 is 2.00 bits per heavy atom. The van der Waals surface area contributed by atoms with Crippen molar-refractivity contribution in [3.63, 3.8) is 0 Å². The standard InChI is InChI=1S/C18H13ClN2O4S2/c1-25-13-5-2-11(3-6-13)10-20-17(22)16(27-18(20)26)9-12-4-7-14(19)15(8-12)21(23)24/h2-9H,10H2,1H3. The van der Waals surface area contributed by atoms with Gasteiger partial charge in [-0.15, -0.1) is 0 Å². The van der Waals surface area contributed by atoms with E-state index >= 15 is 0 Å².